The second-order valence-electron chi connectivity index (χ2n) is 7.08. The molecule has 1 spiro atoms. The summed E-state index contributed by atoms with van der Waals surface area (Å²) in [6.07, 6.45) is 0.801. The first-order valence-electron chi connectivity index (χ1n) is 8.48. The van der Waals surface area contributed by atoms with Gasteiger partial charge >= 0.3 is 0 Å². The minimum Gasteiger partial charge on any atom is -0.376 e. The second-order valence-corrected chi connectivity index (χ2v) is 7.08. The largest absolute Gasteiger partial charge is 0.376 e. The minimum absolute atomic E-state index is 0.0326. The van der Waals surface area contributed by atoms with Crippen molar-refractivity contribution in [2.45, 2.75) is 32.3 Å². The third kappa shape index (κ3) is 3.30. The molecule has 3 rings (SSSR count). The molecule has 25 heavy (non-hydrogen) atoms. The van der Waals surface area contributed by atoms with Gasteiger partial charge in [0.2, 0.25) is 17.8 Å². The number of fused-ring (bicyclic) bond motifs is 2. The number of carbonyl (C=O) groups is 2. The minimum atomic E-state index is -0.294. The van der Waals surface area contributed by atoms with Gasteiger partial charge in [-0.15, -0.1) is 0 Å². The third-order valence-electron chi connectivity index (χ3n) is 4.92. The number of hydrogen-bond donors (Lipinski definition) is 1. The zero-order valence-electron chi connectivity index (χ0n) is 15.3. The van der Waals surface area contributed by atoms with E-state index in [1.54, 1.807) is 4.90 Å². The number of amides is 2. The summed E-state index contributed by atoms with van der Waals surface area (Å²) in [7, 11) is 3.84. The number of ether oxygens (including phenoxy) is 1. The van der Waals surface area contributed by atoms with Crippen LogP contribution < -0.4 is 10.2 Å². The van der Waals surface area contributed by atoms with Gasteiger partial charge in [-0.25, -0.2) is 9.97 Å². The van der Waals surface area contributed by atoms with E-state index in [0.29, 0.717) is 32.3 Å². The van der Waals surface area contributed by atoms with Crippen molar-refractivity contribution in [1.82, 2.24) is 20.2 Å². The van der Waals surface area contributed by atoms with Gasteiger partial charge in [-0.2, -0.15) is 0 Å². The molecule has 2 aliphatic heterocycles. The van der Waals surface area contributed by atoms with Gasteiger partial charge in [-0.1, -0.05) is 0 Å². The highest BCUT2D eigenvalue weighted by atomic mass is 16.5. The van der Waals surface area contributed by atoms with Gasteiger partial charge in [-0.05, 0) is 13.3 Å². The lowest BCUT2D eigenvalue weighted by Gasteiger charge is -2.35. The molecule has 2 amide bonds. The molecule has 8 heteroatoms. The number of nitrogens with zero attached hydrogens (tertiary/aromatic N) is 4. The van der Waals surface area contributed by atoms with Crippen molar-refractivity contribution in [3.63, 3.8) is 0 Å². The standard InChI is InChI=1S/C17H25N5O3/c1-11-13-8-25-10-17(15(13)20-16(19-11)21(3)4)5-6-22(9-17)14(24)7-18-12(2)23/h5-10H2,1-4H3,(H,18,23)/t17-/m0/s1. The molecule has 0 bridgehead atoms. The maximum atomic E-state index is 12.4. The van der Waals surface area contributed by atoms with E-state index in [9.17, 15) is 9.59 Å². The molecule has 0 aliphatic carbocycles. The molecular formula is C17H25N5O3. The molecule has 0 unspecified atom stereocenters. The van der Waals surface area contributed by atoms with Gasteiger partial charge in [0, 0.05) is 45.4 Å². The number of carbonyl (C=O) groups excluding carboxylic acids is 2. The summed E-state index contributed by atoms with van der Waals surface area (Å²) in [5, 5.41) is 2.57. The maximum Gasteiger partial charge on any atom is 0.241 e. The van der Waals surface area contributed by atoms with E-state index in [-0.39, 0.29) is 23.8 Å². The van der Waals surface area contributed by atoms with E-state index in [1.165, 1.54) is 6.92 Å². The summed E-state index contributed by atoms with van der Waals surface area (Å²) in [5.74, 6) is 0.408. The van der Waals surface area contributed by atoms with Gasteiger partial charge in [0.05, 0.1) is 30.9 Å². The van der Waals surface area contributed by atoms with Crippen LogP contribution in [0.1, 0.15) is 30.3 Å². The molecule has 1 saturated heterocycles. The highest BCUT2D eigenvalue weighted by Crippen LogP contribution is 2.40. The Hall–Kier alpha value is -2.22. The summed E-state index contributed by atoms with van der Waals surface area (Å²) in [6.45, 7) is 5.68. The number of anilines is 1. The van der Waals surface area contributed by atoms with Crippen molar-refractivity contribution in [2.24, 2.45) is 0 Å². The average Bonchev–Trinajstić information content (AvgIpc) is 2.98. The van der Waals surface area contributed by atoms with E-state index in [4.69, 9.17) is 9.72 Å². The van der Waals surface area contributed by atoms with E-state index in [0.717, 1.165) is 23.4 Å². The maximum absolute atomic E-state index is 12.4. The number of hydrogen-bond acceptors (Lipinski definition) is 6. The first kappa shape index (κ1) is 17.6. The highest BCUT2D eigenvalue weighted by Gasteiger charge is 2.46. The summed E-state index contributed by atoms with van der Waals surface area (Å²) in [5.41, 5.74) is 2.67. The first-order valence-corrected chi connectivity index (χ1v) is 8.48. The van der Waals surface area contributed by atoms with Crippen molar-refractivity contribution < 1.29 is 14.3 Å². The lowest BCUT2D eigenvalue weighted by molar-refractivity contribution is -0.131. The van der Waals surface area contributed by atoms with Gasteiger partial charge in [-0.3, -0.25) is 9.59 Å². The van der Waals surface area contributed by atoms with Crippen LogP contribution in [0, 0.1) is 6.92 Å². The van der Waals surface area contributed by atoms with Crippen LogP contribution >= 0.6 is 0 Å². The molecule has 1 atom stereocenters. The lowest BCUT2D eigenvalue weighted by Crippen LogP contribution is -2.44. The van der Waals surface area contributed by atoms with E-state index < -0.39 is 0 Å². The number of rotatable bonds is 3. The van der Waals surface area contributed by atoms with Crippen LogP contribution in [0.25, 0.3) is 0 Å². The van der Waals surface area contributed by atoms with Crippen LogP contribution in [0.15, 0.2) is 0 Å². The molecule has 3 heterocycles. The van der Waals surface area contributed by atoms with Crippen molar-refractivity contribution in [1.29, 1.82) is 0 Å². The monoisotopic (exact) mass is 347 g/mol. The first-order chi connectivity index (χ1) is 11.8. The molecule has 1 aromatic heterocycles. The van der Waals surface area contributed by atoms with Crippen LogP contribution in [0.4, 0.5) is 5.95 Å². The van der Waals surface area contributed by atoms with Crippen LogP contribution in [-0.2, 0) is 26.3 Å². The summed E-state index contributed by atoms with van der Waals surface area (Å²) >= 11 is 0. The summed E-state index contributed by atoms with van der Waals surface area (Å²) < 4.78 is 5.84. The fourth-order valence-electron chi connectivity index (χ4n) is 3.52. The lowest BCUT2D eigenvalue weighted by atomic mass is 9.80. The SMILES string of the molecule is CC(=O)NCC(=O)N1CC[C@@]2(COCc3c(C)nc(N(C)C)nc32)C1. The number of nitrogens with one attached hydrogen (secondary N) is 1. The molecule has 0 saturated carbocycles. The van der Waals surface area contributed by atoms with Gasteiger partial charge in [0.1, 0.15) is 0 Å². The predicted octanol–water partition coefficient (Wildman–Crippen LogP) is -0.0126. The van der Waals surface area contributed by atoms with E-state index in [2.05, 4.69) is 10.3 Å². The molecule has 0 radical (unpaired) electrons. The normalized spacial score (nSPS) is 22.0. The third-order valence-corrected chi connectivity index (χ3v) is 4.92. The Morgan fingerprint density at radius 2 is 2.12 bits per heavy atom. The molecule has 2 aliphatic rings. The topological polar surface area (TPSA) is 87.7 Å². The van der Waals surface area contributed by atoms with Crippen molar-refractivity contribution in [2.75, 3.05) is 45.2 Å². The molecule has 1 aromatic rings. The number of aromatic nitrogens is 2. The smallest absolute Gasteiger partial charge is 0.241 e. The van der Waals surface area contributed by atoms with E-state index in [1.807, 2.05) is 25.9 Å². The Labute approximate surface area is 147 Å². The molecule has 136 valence electrons. The molecule has 8 nitrogen and oxygen atoms in total. The molecule has 1 fully saturated rings. The summed E-state index contributed by atoms with van der Waals surface area (Å²) in [6, 6.07) is 0. The van der Waals surface area contributed by atoms with Crippen LogP contribution in [0.5, 0.6) is 0 Å². The zero-order valence-corrected chi connectivity index (χ0v) is 15.3. The summed E-state index contributed by atoms with van der Waals surface area (Å²) in [4.78, 5) is 36.4. The van der Waals surface area contributed by atoms with E-state index >= 15 is 0 Å². The van der Waals surface area contributed by atoms with Crippen molar-refractivity contribution >= 4 is 17.8 Å². The quantitative estimate of drug-likeness (QED) is 0.827. The Morgan fingerprint density at radius 1 is 1.36 bits per heavy atom. The Morgan fingerprint density at radius 3 is 2.80 bits per heavy atom. The fourth-order valence-corrected chi connectivity index (χ4v) is 3.52. The Bertz CT molecular complexity index is 706. The molecule has 1 N–H and O–H groups in total. The van der Waals surface area contributed by atoms with Crippen LogP contribution in [0.3, 0.4) is 0 Å². The highest BCUT2D eigenvalue weighted by molar-refractivity contribution is 5.84. The van der Waals surface area contributed by atoms with Crippen molar-refractivity contribution in [3.8, 4) is 0 Å². The van der Waals surface area contributed by atoms with Crippen molar-refractivity contribution in [3.05, 3.63) is 17.0 Å². The second kappa shape index (κ2) is 6.59. The Kier molecular flexibility index (Phi) is 4.64. The number of likely N-dealkylation sites (tertiary alicyclic amines) is 1. The van der Waals surface area contributed by atoms with Gasteiger partial charge in [0.25, 0.3) is 0 Å². The van der Waals surface area contributed by atoms with Gasteiger partial charge in [0.15, 0.2) is 0 Å². The average molecular weight is 347 g/mol. The van der Waals surface area contributed by atoms with Crippen LogP contribution in [-0.4, -0.2) is 67.0 Å². The predicted molar refractivity (Wildman–Crippen MR) is 92.3 cm³/mol. The molecule has 0 aromatic carbocycles. The van der Waals surface area contributed by atoms with Gasteiger partial charge < -0.3 is 19.9 Å². The number of aryl methyl sites for hydroxylation is 1. The fraction of sp³-hybridized carbons (Fsp3) is 0.647. The Balaban J connectivity index is 1.87. The molecular weight excluding hydrogens is 322 g/mol. The van der Waals surface area contributed by atoms with Crippen LogP contribution in [0.2, 0.25) is 0 Å². The zero-order chi connectivity index (χ0) is 18.2.